The largest absolute Gasteiger partial charge is 0.362 e. The Balaban J connectivity index is 2.97. The number of amides is 1. The lowest BCUT2D eigenvalue weighted by Gasteiger charge is -2.24. The molecule has 1 aromatic rings. The zero-order valence-corrected chi connectivity index (χ0v) is 10.8. The number of benzene rings is 1. The molecular formula is C13H17FN2O2. The van der Waals surface area contributed by atoms with Crippen molar-refractivity contribution < 1.29 is 14.0 Å². The number of carbonyl (C=O) groups excluding carboxylic acids is 2. The van der Waals surface area contributed by atoms with Crippen LogP contribution >= 0.6 is 0 Å². The number of aldehydes is 1. The van der Waals surface area contributed by atoms with Gasteiger partial charge in [0.05, 0.1) is 6.54 Å². The van der Waals surface area contributed by atoms with Crippen LogP contribution in [0, 0.1) is 5.82 Å². The SMILES string of the molecule is CCN(CC(=O)N(C)C)c1cc(F)cc(C=O)c1. The van der Waals surface area contributed by atoms with E-state index in [9.17, 15) is 14.0 Å². The number of carbonyl (C=O) groups is 2. The van der Waals surface area contributed by atoms with E-state index < -0.39 is 5.82 Å². The first-order valence-corrected chi connectivity index (χ1v) is 5.68. The molecule has 0 bridgehead atoms. The van der Waals surface area contributed by atoms with Gasteiger partial charge < -0.3 is 9.80 Å². The molecular weight excluding hydrogens is 235 g/mol. The Kier molecular flexibility index (Phi) is 4.83. The van der Waals surface area contributed by atoms with E-state index in [1.165, 1.54) is 11.0 Å². The van der Waals surface area contributed by atoms with E-state index in [4.69, 9.17) is 0 Å². The smallest absolute Gasteiger partial charge is 0.241 e. The summed E-state index contributed by atoms with van der Waals surface area (Å²) < 4.78 is 13.3. The molecule has 0 heterocycles. The lowest BCUT2D eigenvalue weighted by molar-refractivity contribution is -0.127. The van der Waals surface area contributed by atoms with Crippen LogP contribution < -0.4 is 4.90 Å². The molecule has 0 aliphatic heterocycles. The van der Waals surface area contributed by atoms with Crippen LogP contribution in [0.3, 0.4) is 0 Å². The van der Waals surface area contributed by atoms with Gasteiger partial charge in [-0.15, -0.1) is 0 Å². The van der Waals surface area contributed by atoms with Crippen molar-refractivity contribution in [3.8, 4) is 0 Å². The lowest BCUT2D eigenvalue weighted by atomic mass is 10.2. The summed E-state index contributed by atoms with van der Waals surface area (Å²) in [5.41, 5.74) is 0.801. The highest BCUT2D eigenvalue weighted by Gasteiger charge is 2.13. The Labute approximate surface area is 106 Å². The normalized spacial score (nSPS) is 10.0. The maximum absolute atomic E-state index is 13.3. The summed E-state index contributed by atoms with van der Waals surface area (Å²) >= 11 is 0. The van der Waals surface area contributed by atoms with Gasteiger partial charge in [0.1, 0.15) is 12.1 Å². The van der Waals surface area contributed by atoms with E-state index in [1.807, 2.05) is 6.92 Å². The van der Waals surface area contributed by atoms with Crippen LogP contribution in [0.2, 0.25) is 0 Å². The van der Waals surface area contributed by atoms with E-state index in [0.29, 0.717) is 18.5 Å². The molecule has 0 aliphatic rings. The van der Waals surface area contributed by atoms with E-state index in [1.54, 1.807) is 25.1 Å². The Morgan fingerprint density at radius 2 is 2.00 bits per heavy atom. The number of anilines is 1. The second-order valence-electron chi connectivity index (χ2n) is 4.16. The number of likely N-dealkylation sites (N-methyl/N-ethyl adjacent to an activating group) is 2. The zero-order chi connectivity index (χ0) is 13.7. The molecule has 0 fully saturated rings. The Morgan fingerprint density at radius 1 is 1.33 bits per heavy atom. The highest BCUT2D eigenvalue weighted by Crippen LogP contribution is 2.17. The van der Waals surface area contributed by atoms with Gasteiger partial charge in [0, 0.05) is 31.9 Å². The summed E-state index contributed by atoms with van der Waals surface area (Å²) in [7, 11) is 3.33. The number of hydrogen-bond acceptors (Lipinski definition) is 3. The van der Waals surface area contributed by atoms with E-state index in [0.717, 1.165) is 6.07 Å². The third-order valence-electron chi connectivity index (χ3n) is 2.61. The molecule has 1 rings (SSSR count). The summed E-state index contributed by atoms with van der Waals surface area (Å²) in [5, 5.41) is 0. The van der Waals surface area contributed by atoms with Gasteiger partial charge in [0.2, 0.25) is 5.91 Å². The van der Waals surface area contributed by atoms with Gasteiger partial charge in [-0.3, -0.25) is 9.59 Å². The van der Waals surface area contributed by atoms with Crippen LogP contribution in [-0.2, 0) is 4.79 Å². The van der Waals surface area contributed by atoms with Crippen molar-refractivity contribution in [2.45, 2.75) is 6.92 Å². The monoisotopic (exact) mass is 252 g/mol. The van der Waals surface area contributed by atoms with E-state index in [2.05, 4.69) is 0 Å². The summed E-state index contributed by atoms with van der Waals surface area (Å²) in [5.74, 6) is -0.556. The van der Waals surface area contributed by atoms with Crippen molar-refractivity contribution in [3.05, 3.63) is 29.6 Å². The molecule has 98 valence electrons. The first kappa shape index (κ1) is 14.2. The highest BCUT2D eigenvalue weighted by atomic mass is 19.1. The van der Waals surface area contributed by atoms with Gasteiger partial charge in [-0.25, -0.2) is 4.39 Å². The van der Waals surface area contributed by atoms with Gasteiger partial charge in [0.15, 0.2) is 0 Å². The molecule has 18 heavy (non-hydrogen) atoms. The Bertz CT molecular complexity index is 447. The Morgan fingerprint density at radius 3 is 2.50 bits per heavy atom. The van der Waals surface area contributed by atoms with Crippen molar-refractivity contribution in [1.29, 1.82) is 0 Å². The first-order valence-electron chi connectivity index (χ1n) is 5.68. The number of halogens is 1. The molecule has 0 unspecified atom stereocenters. The van der Waals surface area contributed by atoms with Crippen LogP contribution in [-0.4, -0.2) is 44.3 Å². The van der Waals surface area contributed by atoms with Gasteiger partial charge in [-0.05, 0) is 25.1 Å². The van der Waals surface area contributed by atoms with Crippen molar-refractivity contribution in [2.75, 3.05) is 32.1 Å². The average molecular weight is 252 g/mol. The molecule has 0 aliphatic carbocycles. The van der Waals surface area contributed by atoms with Gasteiger partial charge >= 0.3 is 0 Å². The quantitative estimate of drug-likeness (QED) is 0.747. The molecule has 0 radical (unpaired) electrons. The van der Waals surface area contributed by atoms with Crippen LogP contribution in [0.15, 0.2) is 18.2 Å². The second kappa shape index (κ2) is 6.14. The summed E-state index contributed by atoms with van der Waals surface area (Å²) in [6.07, 6.45) is 0.591. The predicted molar refractivity (Wildman–Crippen MR) is 68.4 cm³/mol. The fraction of sp³-hybridized carbons (Fsp3) is 0.385. The van der Waals surface area contributed by atoms with E-state index in [-0.39, 0.29) is 18.0 Å². The zero-order valence-electron chi connectivity index (χ0n) is 10.8. The molecule has 0 aromatic heterocycles. The van der Waals surface area contributed by atoms with Crippen LogP contribution in [0.5, 0.6) is 0 Å². The molecule has 0 N–H and O–H groups in total. The fourth-order valence-electron chi connectivity index (χ4n) is 1.54. The summed E-state index contributed by atoms with van der Waals surface area (Å²) in [4.78, 5) is 25.5. The van der Waals surface area contributed by atoms with Gasteiger partial charge in [-0.1, -0.05) is 0 Å². The van der Waals surface area contributed by atoms with Gasteiger partial charge in [-0.2, -0.15) is 0 Å². The minimum absolute atomic E-state index is 0.0752. The van der Waals surface area contributed by atoms with Crippen LogP contribution in [0.25, 0.3) is 0 Å². The molecule has 5 heteroatoms. The molecule has 4 nitrogen and oxygen atoms in total. The minimum Gasteiger partial charge on any atom is -0.362 e. The number of rotatable bonds is 5. The highest BCUT2D eigenvalue weighted by molar-refractivity contribution is 5.82. The maximum Gasteiger partial charge on any atom is 0.241 e. The first-order chi connectivity index (χ1) is 8.47. The van der Waals surface area contributed by atoms with Crippen LogP contribution in [0.1, 0.15) is 17.3 Å². The van der Waals surface area contributed by atoms with E-state index >= 15 is 0 Å². The molecule has 1 aromatic carbocycles. The minimum atomic E-state index is -0.481. The fourth-order valence-corrected chi connectivity index (χ4v) is 1.54. The van der Waals surface area contributed by atoms with Crippen molar-refractivity contribution in [1.82, 2.24) is 4.90 Å². The molecule has 0 saturated carbocycles. The standard InChI is InChI=1S/C13H17FN2O2/c1-4-16(8-13(18)15(2)3)12-6-10(9-17)5-11(14)7-12/h5-7,9H,4,8H2,1-3H3. The average Bonchev–Trinajstić information content (AvgIpc) is 2.34. The topological polar surface area (TPSA) is 40.6 Å². The molecule has 0 atom stereocenters. The summed E-state index contributed by atoms with van der Waals surface area (Å²) in [6.45, 7) is 2.58. The molecule has 0 saturated heterocycles. The van der Waals surface area contributed by atoms with Crippen LogP contribution in [0.4, 0.5) is 10.1 Å². The van der Waals surface area contributed by atoms with Crippen molar-refractivity contribution >= 4 is 17.9 Å². The predicted octanol–water partition coefficient (Wildman–Crippen LogP) is 1.55. The van der Waals surface area contributed by atoms with Crippen molar-refractivity contribution in [3.63, 3.8) is 0 Å². The summed E-state index contributed by atoms with van der Waals surface area (Å²) in [6, 6.07) is 4.06. The van der Waals surface area contributed by atoms with Crippen molar-refractivity contribution in [2.24, 2.45) is 0 Å². The third-order valence-corrected chi connectivity index (χ3v) is 2.61. The third kappa shape index (κ3) is 3.55. The lowest BCUT2D eigenvalue weighted by Crippen LogP contribution is -2.36. The number of hydrogen-bond donors (Lipinski definition) is 0. The second-order valence-corrected chi connectivity index (χ2v) is 4.16. The maximum atomic E-state index is 13.3. The number of nitrogens with zero attached hydrogens (tertiary/aromatic N) is 2. The Hall–Kier alpha value is -1.91. The molecule has 0 spiro atoms. The van der Waals surface area contributed by atoms with Gasteiger partial charge in [0.25, 0.3) is 0 Å². The molecule has 1 amide bonds.